The highest BCUT2D eigenvalue weighted by molar-refractivity contribution is 5.99. The van der Waals surface area contributed by atoms with E-state index in [0.29, 0.717) is 0 Å². The van der Waals surface area contributed by atoms with Crippen LogP contribution in [0.5, 0.6) is 0 Å². The Bertz CT molecular complexity index is 841. The van der Waals surface area contributed by atoms with Crippen molar-refractivity contribution in [1.82, 2.24) is 0 Å². The minimum Gasteiger partial charge on any atom is -0.378 e. The Hall–Kier alpha value is -2.94. The zero-order valence-electron chi connectivity index (χ0n) is 13.3. The summed E-state index contributed by atoms with van der Waals surface area (Å²) in [6.45, 7) is 0. The molecular weight excluding hydrogens is 282 g/mol. The van der Waals surface area contributed by atoms with Crippen molar-refractivity contribution in [3.05, 3.63) is 77.9 Å². The van der Waals surface area contributed by atoms with E-state index >= 15 is 0 Å². The Kier molecular flexibility index (Phi) is 4.48. The summed E-state index contributed by atoms with van der Waals surface area (Å²) in [5.41, 5.74) is 3.27. The topological polar surface area (TPSA) is 28.0 Å². The average Bonchev–Trinajstić information content (AvgIpc) is 2.59. The smallest absolute Gasteiger partial charge is 0.0574 e. The van der Waals surface area contributed by atoms with E-state index in [0.717, 1.165) is 11.1 Å². The van der Waals surface area contributed by atoms with Gasteiger partial charge in [0.1, 0.15) is 0 Å². The van der Waals surface area contributed by atoms with E-state index in [1.807, 2.05) is 50.5 Å². The fourth-order valence-corrected chi connectivity index (χ4v) is 2.42. The van der Waals surface area contributed by atoms with Gasteiger partial charge in [-0.3, -0.25) is 0 Å². The maximum absolute atomic E-state index is 4.18. The third kappa shape index (κ3) is 3.64. The molecule has 0 saturated carbocycles. The van der Waals surface area contributed by atoms with Crippen molar-refractivity contribution >= 4 is 28.9 Å². The van der Waals surface area contributed by atoms with Gasteiger partial charge in [-0.1, -0.05) is 54.6 Å². The molecule has 0 aliphatic rings. The molecule has 3 rings (SSSR count). The number of benzene rings is 3. The van der Waals surface area contributed by atoms with Gasteiger partial charge in [0.05, 0.1) is 12.4 Å². The Morgan fingerprint density at radius 2 is 1.43 bits per heavy atom. The number of nitrogens with zero attached hydrogens (tertiary/aromatic N) is 3. The summed E-state index contributed by atoms with van der Waals surface area (Å²) >= 11 is 0. The average molecular weight is 301 g/mol. The largest absolute Gasteiger partial charge is 0.378 e. The highest BCUT2D eigenvalue weighted by Crippen LogP contribution is 2.16. The van der Waals surface area contributed by atoms with E-state index in [1.165, 1.54) is 16.5 Å². The van der Waals surface area contributed by atoms with Gasteiger partial charge < -0.3 is 4.90 Å². The standard InChI is InChI=1S/C20H19N3/c1-23(2)19-12-10-16(11-13-19)14-21-22-15-18-8-5-7-17-6-3-4-9-20(17)18/h3-15H,1-2H3/b21-14+,22-15+. The normalized spacial score (nSPS) is 11.6. The first-order valence-corrected chi connectivity index (χ1v) is 7.55. The molecule has 23 heavy (non-hydrogen) atoms. The van der Waals surface area contributed by atoms with Gasteiger partial charge in [-0.05, 0) is 28.5 Å². The zero-order chi connectivity index (χ0) is 16.1. The second kappa shape index (κ2) is 6.88. The van der Waals surface area contributed by atoms with Crippen molar-refractivity contribution in [2.24, 2.45) is 10.2 Å². The summed E-state index contributed by atoms with van der Waals surface area (Å²) in [6, 6.07) is 22.7. The maximum Gasteiger partial charge on any atom is 0.0574 e. The van der Waals surface area contributed by atoms with E-state index in [1.54, 1.807) is 12.4 Å². The van der Waals surface area contributed by atoms with Crippen molar-refractivity contribution in [3.63, 3.8) is 0 Å². The molecule has 3 aromatic rings. The Morgan fingerprint density at radius 3 is 2.22 bits per heavy atom. The third-order valence-electron chi connectivity index (χ3n) is 3.70. The molecule has 0 bridgehead atoms. The Morgan fingerprint density at radius 1 is 0.739 bits per heavy atom. The molecule has 0 amide bonds. The van der Waals surface area contributed by atoms with E-state index < -0.39 is 0 Å². The molecule has 3 heteroatoms. The van der Waals surface area contributed by atoms with Crippen molar-refractivity contribution in [3.8, 4) is 0 Å². The summed E-state index contributed by atoms with van der Waals surface area (Å²) < 4.78 is 0. The van der Waals surface area contributed by atoms with Crippen LogP contribution in [0.2, 0.25) is 0 Å². The quantitative estimate of drug-likeness (QED) is 0.520. The molecule has 0 unspecified atom stereocenters. The molecule has 0 aliphatic carbocycles. The lowest BCUT2D eigenvalue weighted by atomic mass is 10.1. The lowest BCUT2D eigenvalue weighted by Gasteiger charge is -2.11. The molecule has 0 N–H and O–H groups in total. The van der Waals surface area contributed by atoms with Crippen LogP contribution in [0, 0.1) is 0 Å². The lowest BCUT2D eigenvalue weighted by molar-refractivity contribution is 1.13. The molecule has 0 atom stereocenters. The van der Waals surface area contributed by atoms with Gasteiger partial charge in [0.2, 0.25) is 0 Å². The first kappa shape index (κ1) is 15.0. The summed E-state index contributed by atoms with van der Waals surface area (Å²) in [5.74, 6) is 0. The first-order valence-electron chi connectivity index (χ1n) is 7.55. The third-order valence-corrected chi connectivity index (χ3v) is 3.70. The predicted molar refractivity (Wildman–Crippen MR) is 99.9 cm³/mol. The van der Waals surface area contributed by atoms with Crippen LogP contribution in [0.15, 0.2) is 76.9 Å². The van der Waals surface area contributed by atoms with Crippen molar-refractivity contribution in [2.45, 2.75) is 0 Å². The van der Waals surface area contributed by atoms with Crippen LogP contribution in [-0.2, 0) is 0 Å². The van der Waals surface area contributed by atoms with Crippen LogP contribution in [0.25, 0.3) is 10.8 Å². The summed E-state index contributed by atoms with van der Waals surface area (Å²) in [5, 5.41) is 10.7. The molecule has 3 aromatic carbocycles. The van der Waals surface area contributed by atoms with Crippen LogP contribution in [-0.4, -0.2) is 26.5 Å². The number of anilines is 1. The number of hydrogen-bond acceptors (Lipinski definition) is 3. The van der Waals surface area contributed by atoms with E-state index in [4.69, 9.17) is 0 Å². The van der Waals surface area contributed by atoms with Crippen molar-refractivity contribution in [1.29, 1.82) is 0 Å². The van der Waals surface area contributed by atoms with E-state index in [2.05, 4.69) is 45.4 Å². The molecular formula is C20H19N3. The first-order chi connectivity index (χ1) is 11.2. The van der Waals surface area contributed by atoms with E-state index in [9.17, 15) is 0 Å². The minimum absolute atomic E-state index is 1.03. The van der Waals surface area contributed by atoms with Gasteiger partial charge in [0, 0.05) is 25.3 Å². The van der Waals surface area contributed by atoms with Gasteiger partial charge >= 0.3 is 0 Å². The van der Waals surface area contributed by atoms with Crippen molar-refractivity contribution < 1.29 is 0 Å². The highest BCUT2D eigenvalue weighted by Gasteiger charge is 1.96. The van der Waals surface area contributed by atoms with Crippen LogP contribution < -0.4 is 4.90 Å². The van der Waals surface area contributed by atoms with Crippen LogP contribution in [0.3, 0.4) is 0 Å². The van der Waals surface area contributed by atoms with Gasteiger partial charge in [-0.25, -0.2) is 0 Å². The van der Waals surface area contributed by atoms with Crippen LogP contribution in [0.1, 0.15) is 11.1 Å². The highest BCUT2D eigenvalue weighted by atomic mass is 15.2. The Balaban J connectivity index is 1.75. The van der Waals surface area contributed by atoms with Gasteiger partial charge in [-0.2, -0.15) is 10.2 Å². The van der Waals surface area contributed by atoms with Gasteiger partial charge in [0.25, 0.3) is 0 Å². The lowest BCUT2D eigenvalue weighted by Crippen LogP contribution is -2.08. The fraction of sp³-hybridized carbons (Fsp3) is 0.100. The van der Waals surface area contributed by atoms with Crippen LogP contribution >= 0.6 is 0 Å². The molecule has 3 nitrogen and oxygen atoms in total. The van der Waals surface area contributed by atoms with Crippen molar-refractivity contribution in [2.75, 3.05) is 19.0 Å². The van der Waals surface area contributed by atoms with Gasteiger partial charge in [0.15, 0.2) is 0 Å². The summed E-state index contributed by atoms with van der Waals surface area (Å²) in [6.07, 6.45) is 3.56. The minimum atomic E-state index is 1.03. The molecule has 0 fully saturated rings. The molecule has 0 radical (unpaired) electrons. The summed E-state index contributed by atoms with van der Waals surface area (Å²) in [7, 11) is 4.05. The molecule has 114 valence electrons. The number of hydrogen-bond donors (Lipinski definition) is 0. The molecule has 0 heterocycles. The molecule has 0 aromatic heterocycles. The monoisotopic (exact) mass is 301 g/mol. The van der Waals surface area contributed by atoms with Gasteiger partial charge in [-0.15, -0.1) is 0 Å². The van der Waals surface area contributed by atoms with E-state index in [-0.39, 0.29) is 0 Å². The fourth-order valence-electron chi connectivity index (χ4n) is 2.42. The molecule has 0 aliphatic heterocycles. The Labute approximate surface area is 136 Å². The maximum atomic E-state index is 4.18. The number of fused-ring (bicyclic) bond motifs is 1. The second-order valence-electron chi connectivity index (χ2n) is 5.54. The van der Waals surface area contributed by atoms with Crippen LogP contribution in [0.4, 0.5) is 5.69 Å². The number of rotatable bonds is 4. The molecule has 0 saturated heterocycles. The summed E-state index contributed by atoms with van der Waals surface area (Å²) in [4.78, 5) is 2.07. The molecule has 0 spiro atoms. The SMILES string of the molecule is CN(C)c1ccc(/C=N/N=C/c2cccc3ccccc23)cc1. The predicted octanol–water partition coefficient (Wildman–Crippen LogP) is 4.36. The zero-order valence-corrected chi connectivity index (χ0v) is 13.3. The second-order valence-corrected chi connectivity index (χ2v) is 5.54.